The second-order valence-electron chi connectivity index (χ2n) is 12.8. The van der Waals surface area contributed by atoms with E-state index in [1.165, 1.54) is 12.1 Å². The minimum absolute atomic E-state index is 0.0577. The fraction of sp³-hybridized carbons (Fsp3) is 0.361. The highest BCUT2D eigenvalue weighted by atomic mass is 19.3. The highest BCUT2D eigenvalue weighted by molar-refractivity contribution is 5.80. The number of nitrogens with zero attached hydrogens (tertiary/aromatic N) is 5. The number of ether oxygens (including phenoxy) is 1. The highest BCUT2D eigenvalue weighted by Crippen LogP contribution is 2.46. The first kappa shape index (κ1) is 34.6. The molecule has 0 spiro atoms. The number of likely N-dealkylation sites (tertiary alicyclic amines) is 1. The largest absolute Gasteiger partial charge is 0.437 e. The molecule has 0 unspecified atom stereocenters. The van der Waals surface area contributed by atoms with E-state index in [9.17, 15) is 19.1 Å². The highest BCUT2D eigenvalue weighted by Gasteiger charge is 2.58. The van der Waals surface area contributed by atoms with Crippen LogP contribution in [0.4, 0.5) is 23.2 Å². The third kappa shape index (κ3) is 7.18. The molecule has 1 saturated heterocycles. The normalized spacial score (nSPS) is 24.6. The van der Waals surface area contributed by atoms with Gasteiger partial charge in [0.1, 0.15) is 29.2 Å². The predicted molar refractivity (Wildman–Crippen MR) is 174 cm³/mol. The number of aryl methyl sites for hydroxylation is 1. The van der Waals surface area contributed by atoms with Crippen LogP contribution in [0, 0.1) is 30.5 Å². The second-order valence-corrected chi connectivity index (χ2v) is 12.8. The fourth-order valence-corrected chi connectivity index (χ4v) is 6.45. The molecule has 10 nitrogen and oxygen atoms in total. The van der Waals surface area contributed by atoms with Crippen molar-refractivity contribution in [2.24, 2.45) is 5.92 Å². The molecule has 14 heteroatoms. The lowest BCUT2D eigenvalue weighted by Gasteiger charge is -2.46. The molecule has 1 amide bonds. The SMILES string of the molecule is Cc1ccc(C#C[C@@]2(F)CC[C@@H](C(=O)N3CC[C@](O)(Cn4cnc(Oc5ccc(F)cc5)c(N)c4=O)C(F)(F)C3)[C@H](c3ccccc3)C2)nn1. The number of nitrogen functional groups attached to an aromatic ring is 1. The number of rotatable bonds is 6. The van der Waals surface area contributed by atoms with E-state index < -0.39 is 71.5 Å². The molecule has 2 aromatic carbocycles. The van der Waals surface area contributed by atoms with Crippen LogP contribution in [0.2, 0.25) is 0 Å². The molecule has 3 heterocycles. The number of piperidine rings is 1. The summed E-state index contributed by atoms with van der Waals surface area (Å²) in [5.74, 6) is -1.15. The molecule has 50 heavy (non-hydrogen) atoms. The van der Waals surface area contributed by atoms with E-state index >= 15 is 13.2 Å². The van der Waals surface area contributed by atoms with Gasteiger partial charge in [-0.2, -0.15) is 5.10 Å². The van der Waals surface area contributed by atoms with Crippen LogP contribution in [0.5, 0.6) is 11.6 Å². The summed E-state index contributed by atoms with van der Waals surface area (Å²) in [5.41, 5.74) is 1.46. The van der Waals surface area contributed by atoms with Gasteiger partial charge in [0.25, 0.3) is 11.5 Å². The van der Waals surface area contributed by atoms with Crippen molar-refractivity contribution < 1.29 is 32.2 Å². The number of aromatic nitrogens is 4. The number of hydrogen-bond donors (Lipinski definition) is 2. The van der Waals surface area contributed by atoms with Gasteiger partial charge in [0.15, 0.2) is 11.4 Å². The Kier molecular flexibility index (Phi) is 9.37. The zero-order chi connectivity index (χ0) is 35.7. The number of nitrogens with two attached hydrogens (primary N) is 1. The van der Waals surface area contributed by atoms with E-state index in [2.05, 4.69) is 27.0 Å². The molecule has 1 aliphatic heterocycles. The number of alkyl halides is 3. The van der Waals surface area contributed by atoms with E-state index in [4.69, 9.17) is 10.5 Å². The van der Waals surface area contributed by atoms with Crippen LogP contribution < -0.4 is 16.0 Å². The Balaban J connectivity index is 1.17. The van der Waals surface area contributed by atoms with Gasteiger partial charge in [-0.1, -0.05) is 36.3 Å². The number of amides is 1. The van der Waals surface area contributed by atoms with Gasteiger partial charge in [-0.05, 0) is 73.6 Å². The lowest BCUT2D eigenvalue weighted by atomic mass is 9.69. The maximum absolute atomic E-state index is 16.2. The number of carbonyl (C=O) groups is 1. The standard InChI is InChI=1S/C36H34F4N6O4/c1-23-7-10-26(44-43-23)13-15-34(38)16-14-28(29(19-34)24-5-3-2-4-6-24)32(47)45-18-17-35(49,36(39,40)21-45)20-46-22-42-31(30(41)33(46)48)50-27-11-8-25(37)9-12-27/h2-12,22,28-29,49H,14,16-21,41H2,1H3/t28-,29+,34-,35+/m1/s1. The smallest absolute Gasteiger partial charge is 0.295 e. The molecule has 0 radical (unpaired) electrons. The van der Waals surface area contributed by atoms with Crippen molar-refractivity contribution in [3.05, 3.63) is 106 Å². The van der Waals surface area contributed by atoms with Gasteiger partial charge >= 0.3 is 0 Å². The van der Waals surface area contributed by atoms with Gasteiger partial charge < -0.3 is 20.5 Å². The zero-order valence-electron chi connectivity index (χ0n) is 27.0. The summed E-state index contributed by atoms with van der Waals surface area (Å²) in [6, 6.07) is 17.1. The van der Waals surface area contributed by atoms with Gasteiger partial charge in [-0.25, -0.2) is 22.5 Å². The number of aliphatic hydroxyl groups is 1. The van der Waals surface area contributed by atoms with Crippen LogP contribution in [0.3, 0.4) is 0 Å². The van der Waals surface area contributed by atoms with Crippen molar-refractivity contribution in [3.63, 3.8) is 0 Å². The maximum atomic E-state index is 16.2. The molecule has 2 fully saturated rings. The second kappa shape index (κ2) is 13.5. The molecule has 3 N–H and O–H groups in total. The lowest BCUT2D eigenvalue weighted by Crippen LogP contribution is -2.64. The summed E-state index contributed by atoms with van der Waals surface area (Å²) in [7, 11) is 0. The molecular formula is C36H34F4N6O4. The first-order valence-electron chi connectivity index (χ1n) is 16.0. The number of hydrogen-bond acceptors (Lipinski definition) is 8. The maximum Gasteiger partial charge on any atom is 0.295 e. The van der Waals surface area contributed by atoms with Crippen molar-refractivity contribution in [1.82, 2.24) is 24.6 Å². The van der Waals surface area contributed by atoms with Crippen LogP contribution in [-0.4, -0.2) is 65.9 Å². The van der Waals surface area contributed by atoms with Crippen LogP contribution in [0.15, 0.2) is 77.9 Å². The van der Waals surface area contributed by atoms with Crippen molar-refractivity contribution >= 4 is 11.6 Å². The average molecular weight is 691 g/mol. The van der Waals surface area contributed by atoms with Gasteiger partial charge in [0, 0.05) is 25.3 Å². The summed E-state index contributed by atoms with van der Waals surface area (Å²) in [5, 5.41) is 19.1. The zero-order valence-corrected chi connectivity index (χ0v) is 27.0. The molecule has 0 bridgehead atoms. The van der Waals surface area contributed by atoms with E-state index in [1.807, 2.05) is 0 Å². The molecule has 4 atom stereocenters. The first-order valence-corrected chi connectivity index (χ1v) is 16.0. The van der Waals surface area contributed by atoms with E-state index in [0.717, 1.165) is 27.9 Å². The topological polar surface area (TPSA) is 136 Å². The minimum atomic E-state index is -3.85. The summed E-state index contributed by atoms with van der Waals surface area (Å²) >= 11 is 0. The molecule has 2 aromatic heterocycles. The van der Waals surface area contributed by atoms with Crippen molar-refractivity contribution in [2.75, 3.05) is 18.8 Å². The molecule has 2 aliphatic rings. The summed E-state index contributed by atoms with van der Waals surface area (Å²) in [6.45, 7) is -0.444. The minimum Gasteiger partial charge on any atom is -0.437 e. The first-order chi connectivity index (χ1) is 23.8. The van der Waals surface area contributed by atoms with Crippen LogP contribution in [0.1, 0.15) is 48.6 Å². The van der Waals surface area contributed by atoms with E-state index in [-0.39, 0.29) is 37.4 Å². The molecular weight excluding hydrogens is 656 g/mol. The summed E-state index contributed by atoms with van der Waals surface area (Å²) < 4.78 is 67.3. The Morgan fingerprint density at radius 1 is 1.06 bits per heavy atom. The Bertz CT molecular complexity index is 1980. The molecule has 6 rings (SSSR count). The molecule has 260 valence electrons. The Labute approximate surface area is 284 Å². The summed E-state index contributed by atoms with van der Waals surface area (Å²) in [6.07, 6.45) is 0.192. The van der Waals surface area contributed by atoms with Gasteiger partial charge in [-0.3, -0.25) is 14.2 Å². The molecule has 4 aromatic rings. The number of halogens is 4. The third-order valence-electron chi connectivity index (χ3n) is 9.31. The van der Waals surface area contributed by atoms with Gasteiger partial charge in [-0.15, -0.1) is 5.10 Å². The van der Waals surface area contributed by atoms with Gasteiger partial charge in [0.05, 0.1) is 18.8 Å². The fourth-order valence-electron chi connectivity index (χ4n) is 6.45. The Hall–Kier alpha value is -5.29. The third-order valence-corrected chi connectivity index (χ3v) is 9.31. The van der Waals surface area contributed by atoms with Crippen molar-refractivity contribution in [1.29, 1.82) is 0 Å². The van der Waals surface area contributed by atoms with Crippen LogP contribution in [0.25, 0.3) is 0 Å². The monoisotopic (exact) mass is 690 g/mol. The van der Waals surface area contributed by atoms with Crippen molar-refractivity contribution in [3.8, 4) is 23.5 Å². The van der Waals surface area contributed by atoms with E-state index in [0.29, 0.717) is 17.0 Å². The van der Waals surface area contributed by atoms with Gasteiger partial charge in [0.2, 0.25) is 11.8 Å². The number of carbonyl (C=O) groups excluding carboxylic acids is 1. The van der Waals surface area contributed by atoms with E-state index in [1.54, 1.807) is 49.4 Å². The summed E-state index contributed by atoms with van der Waals surface area (Å²) in [4.78, 5) is 31.9. The van der Waals surface area contributed by atoms with Crippen LogP contribution in [-0.2, 0) is 11.3 Å². The molecule has 1 saturated carbocycles. The predicted octanol–water partition coefficient (Wildman–Crippen LogP) is 4.80. The number of anilines is 1. The number of benzene rings is 2. The van der Waals surface area contributed by atoms with Crippen molar-refractivity contribution in [2.45, 2.75) is 62.3 Å². The molecule has 1 aliphatic carbocycles. The lowest BCUT2D eigenvalue weighted by molar-refractivity contribution is -0.223. The Morgan fingerprint density at radius 2 is 1.80 bits per heavy atom. The average Bonchev–Trinajstić information content (AvgIpc) is 3.10. The van der Waals surface area contributed by atoms with Crippen LogP contribution >= 0.6 is 0 Å². The quantitative estimate of drug-likeness (QED) is 0.218. The Morgan fingerprint density at radius 3 is 2.48 bits per heavy atom.